The van der Waals surface area contributed by atoms with Crippen LogP contribution in [0.25, 0.3) is 0 Å². The van der Waals surface area contributed by atoms with Gasteiger partial charge in [-0.15, -0.1) is 0 Å². The minimum atomic E-state index is -0.342. The number of thioether (sulfide) groups is 1. The Morgan fingerprint density at radius 2 is 2.11 bits per heavy atom. The van der Waals surface area contributed by atoms with E-state index in [1.807, 2.05) is 29.8 Å². The van der Waals surface area contributed by atoms with Gasteiger partial charge in [-0.3, -0.25) is 4.99 Å². The SMILES string of the molecule is CCNC(=NCC1(SCC)CCOCC1)N(C)Cc1ccc(OC)c(F)c1. The molecular weight excluding hydrogens is 365 g/mol. The summed E-state index contributed by atoms with van der Waals surface area (Å²) in [5, 5.41) is 3.36. The smallest absolute Gasteiger partial charge is 0.194 e. The second-order valence-electron chi connectivity index (χ2n) is 6.72. The molecule has 1 aromatic carbocycles. The van der Waals surface area contributed by atoms with E-state index < -0.39 is 0 Å². The van der Waals surface area contributed by atoms with Crippen molar-refractivity contribution in [1.82, 2.24) is 10.2 Å². The Kier molecular flexibility index (Phi) is 8.70. The number of nitrogens with one attached hydrogen (secondary N) is 1. The van der Waals surface area contributed by atoms with Crippen LogP contribution in [-0.2, 0) is 11.3 Å². The van der Waals surface area contributed by atoms with Crippen molar-refractivity contribution in [3.8, 4) is 5.75 Å². The maximum absolute atomic E-state index is 14.0. The molecular formula is C20H32FN3O2S. The molecule has 0 amide bonds. The van der Waals surface area contributed by atoms with Crippen LogP contribution in [0, 0.1) is 5.82 Å². The average molecular weight is 398 g/mol. The first-order valence-electron chi connectivity index (χ1n) is 9.57. The lowest BCUT2D eigenvalue weighted by Gasteiger charge is -2.35. The van der Waals surface area contributed by atoms with Crippen LogP contribution in [0.3, 0.4) is 0 Å². The monoisotopic (exact) mass is 397 g/mol. The number of halogens is 1. The molecule has 1 saturated heterocycles. The van der Waals surface area contributed by atoms with Gasteiger partial charge >= 0.3 is 0 Å². The first kappa shape index (κ1) is 21.8. The normalized spacial score (nSPS) is 16.9. The van der Waals surface area contributed by atoms with Crippen LogP contribution >= 0.6 is 11.8 Å². The zero-order valence-corrected chi connectivity index (χ0v) is 17.7. The van der Waals surface area contributed by atoms with E-state index in [0.29, 0.717) is 6.54 Å². The molecule has 1 aliphatic rings. The van der Waals surface area contributed by atoms with E-state index in [1.54, 1.807) is 6.07 Å². The molecule has 0 unspecified atom stereocenters. The maximum Gasteiger partial charge on any atom is 0.194 e. The standard InChI is InChI=1S/C20H32FN3O2S/c1-5-22-19(23-15-20(27-6-2)9-11-26-12-10-20)24(3)14-16-7-8-18(25-4)17(21)13-16/h7-8,13H,5-6,9-12,14-15H2,1-4H3,(H,22,23). The maximum atomic E-state index is 14.0. The molecule has 1 heterocycles. The lowest BCUT2D eigenvalue weighted by molar-refractivity contribution is 0.0793. The molecule has 0 atom stereocenters. The minimum absolute atomic E-state index is 0.154. The van der Waals surface area contributed by atoms with Crippen molar-refractivity contribution < 1.29 is 13.9 Å². The summed E-state index contributed by atoms with van der Waals surface area (Å²) in [7, 11) is 3.45. The van der Waals surface area contributed by atoms with Gasteiger partial charge in [0.1, 0.15) is 0 Å². The van der Waals surface area contributed by atoms with E-state index in [9.17, 15) is 4.39 Å². The summed E-state index contributed by atoms with van der Waals surface area (Å²) in [6, 6.07) is 5.07. The van der Waals surface area contributed by atoms with Crippen molar-refractivity contribution in [3.63, 3.8) is 0 Å². The fourth-order valence-corrected chi connectivity index (χ4v) is 4.47. The number of hydrogen-bond donors (Lipinski definition) is 1. The van der Waals surface area contributed by atoms with Crippen molar-refractivity contribution in [2.75, 3.05) is 46.2 Å². The number of hydrogen-bond acceptors (Lipinski definition) is 4. The van der Waals surface area contributed by atoms with Crippen LogP contribution in [0.2, 0.25) is 0 Å². The topological polar surface area (TPSA) is 46.1 Å². The molecule has 0 aromatic heterocycles. The molecule has 27 heavy (non-hydrogen) atoms. The predicted molar refractivity (Wildman–Crippen MR) is 111 cm³/mol. The summed E-state index contributed by atoms with van der Waals surface area (Å²) < 4.78 is 24.7. The largest absolute Gasteiger partial charge is 0.494 e. The number of nitrogens with zero attached hydrogens (tertiary/aromatic N) is 2. The third-order valence-corrected chi connectivity index (χ3v) is 6.14. The number of benzene rings is 1. The van der Waals surface area contributed by atoms with Crippen molar-refractivity contribution in [3.05, 3.63) is 29.6 Å². The lowest BCUT2D eigenvalue weighted by atomic mass is 9.99. The summed E-state index contributed by atoms with van der Waals surface area (Å²) in [6.45, 7) is 7.99. The number of aliphatic imine (C=N–C) groups is 1. The molecule has 1 aliphatic heterocycles. The second kappa shape index (κ2) is 10.8. The van der Waals surface area contributed by atoms with E-state index in [2.05, 4.69) is 19.2 Å². The quantitative estimate of drug-likeness (QED) is 0.537. The molecule has 1 aromatic rings. The number of ether oxygens (including phenoxy) is 2. The molecule has 0 radical (unpaired) electrons. The molecule has 0 aliphatic carbocycles. The van der Waals surface area contributed by atoms with Crippen molar-refractivity contribution in [1.29, 1.82) is 0 Å². The zero-order chi connectivity index (χ0) is 19.7. The highest BCUT2D eigenvalue weighted by Crippen LogP contribution is 2.35. The van der Waals surface area contributed by atoms with Gasteiger partial charge in [-0.1, -0.05) is 13.0 Å². The molecule has 7 heteroatoms. The van der Waals surface area contributed by atoms with Gasteiger partial charge in [0.25, 0.3) is 0 Å². The summed E-state index contributed by atoms with van der Waals surface area (Å²) in [5.74, 6) is 1.84. The van der Waals surface area contributed by atoms with Crippen LogP contribution in [0.5, 0.6) is 5.75 Å². The third kappa shape index (κ3) is 6.28. The molecule has 0 spiro atoms. The highest BCUT2D eigenvalue weighted by atomic mass is 32.2. The second-order valence-corrected chi connectivity index (χ2v) is 8.46. The molecule has 5 nitrogen and oxygen atoms in total. The first-order chi connectivity index (χ1) is 13.0. The summed E-state index contributed by atoms with van der Waals surface area (Å²) >= 11 is 1.98. The van der Waals surface area contributed by atoms with Gasteiger partial charge in [-0.25, -0.2) is 4.39 Å². The van der Waals surface area contributed by atoms with Gasteiger partial charge < -0.3 is 19.7 Å². The molecule has 0 bridgehead atoms. The van der Waals surface area contributed by atoms with Crippen molar-refractivity contribution in [2.45, 2.75) is 38.0 Å². The van der Waals surface area contributed by atoms with E-state index in [1.165, 1.54) is 13.2 Å². The van der Waals surface area contributed by atoms with Crippen LogP contribution < -0.4 is 10.1 Å². The predicted octanol–water partition coefficient (Wildman–Crippen LogP) is 3.53. The lowest BCUT2D eigenvalue weighted by Crippen LogP contribution is -2.41. The van der Waals surface area contributed by atoms with Crippen LogP contribution in [0.4, 0.5) is 4.39 Å². The number of guanidine groups is 1. The van der Waals surface area contributed by atoms with Gasteiger partial charge in [0.05, 0.1) is 13.7 Å². The minimum Gasteiger partial charge on any atom is -0.494 e. The van der Waals surface area contributed by atoms with E-state index in [0.717, 1.165) is 56.4 Å². The highest BCUT2D eigenvalue weighted by molar-refractivity contribution is 8.00. The fourth-order valence-electron chi connectivity index (χ4n) is 3.24. The molecule has 2 rings (SSSR count). The van der Waals surface area contributed by atoms with Crippen molar-refractivity contribution in [2.24, 2.45) is 4.99 Å². The first-order valence-corrected chi connectivity index (χ1v) is 10.6. The highest BCUT2D eigenvalue weighted by Gasteiger charge is 2.32. The third-order valence-electron chi connectivity index (χ3n) is 4.70. The Bertz CT molecular complexity index is 616. The Labute approximate surface area is 166 Å². The Morgan fingerprint density at radius 1 is 1.37 bits per heavy atom. The van der Waals surface area contributed by atoms with Gasteiger partial charge in [0.2, 0.25) is 0 Å². The Hall–Kier alpha value is -1.47. The number of rotatable bonds is 8. The van der Waals surface area contributed by atoms with Crippen molar-refractivity contribution >= 4 is 17.7 Å². The van der Waals surface area contributed by atoms with Gasteiger partial charge in [-0.05, 0) is 43.2 Å². The van der Waals surface area contributed by atoms with Gasteiger partial charge in [-0.2, -0.15) is 11.8 Å². The fraction of sp³-hybridized carbons (Fsp3) is 0.650. The van der Waals surface area contributed by atoms with Gasteiger partial charge in [0, 0.05) is 38.1 Å². The molecule has 152 valence electrons. The molecule has 0 saturated carbocycles. The Morgan fingerprint density at radius 3 is 2.70 bits per heavy atom. The van der Waals surface area contributed by atoms with E-state index in [-0.39, 0.29) is 16.3 Å². The molecule has 1 fully saturated rings. The zero-order valence-electron chi connectivity index (χ0n) is 16.9. The number of methoxy groups -OCH3 is 1. The van der Waals surface area contributed by atoms with E-state index >= 15 is 0 Å². The van der Waals surface area contributed by atoms with Gasteiger partial charge in [0.15, 0.2) is 17.5 Å². The summed E-state index contributed by atoms with van der Waals surface area (Å²) in [5.41, 5.74) is 0.880. The summed E-state index contributed by atoms with van der Waals surface area (Å²) in [6.07, 6.45) is 2.06. The van der Waals surface area contributed by atoms with Crippen LogP contribution in [0.1, 0.15) is 32.3 Å². The Balaban J connectivity index is 2.09. The average Bonchev–Trinajstić information content (AvgIpc) is 2.66. The van der Waals surface area contributed by atoms with E-state index in [4.69, 9.17) is 14.5 Å². The molecule has 1 N–H and O–H groups in total. The van der Waals surface area contributed by atoms with Crippen LogP contribution in [-0.4, -0.2) is 61.8 Å². The summed E-state index contributed by atoms with van der Waals surface area (Å²) in [4.78, 5) is 6.95. The van der Waals surface area contributed by atoms with Crippen LogP contribution in [0.15, 0.2) is 23.2 Å².